The van der Waals surface area contributed by atoms with E-state index in [-0.39, 0.29) is 35.7 Å². The number of H-pyrrole nitrogens is 1. The van der Waals surface area contributed by atoms with Crippen molar-refractivity contribution in [3.63, 3.8) is 0 Å². The number of carbonyl (C=O) groups excluding carboxylic acids is 1. The van der Waals surface area contributed by atoms with E-state index >= 15 is 0 Å². The summed E-state index contributed by atoms with van der Waals surface area (Å²) in [5.41, 5.74) is 0.869. The molecule has 0 unspecified atom stereocenters. The Hall–Kier alpha value is -3.07. The van der Waals surface area contributed by atoms with Gasteiger partial charge in [-0.15, -0.1) is 0 Å². The number of hydrogen-bond acceptors (Lipinski definition) is 5. The van der Waals surface area contributed by atoms with E-state index in [9.17, 15) is 22.4 Å². The van der Waals surface area contributed by atoms with Gasteiger partial charge in [-0.05, 0) is 23.8 Å². The van der Waals surface area contributed by atoms with Crippen LogP contribution in [0.2, 0.25) is 0 Å². The molecule has 0 saturated carbocycles. The van der Waals surface area contributed by atoms with Crippen molar-refractivity contribution in [1.29, 1.82) is 0 Å². The molecule has 0 atom stereocenters. The van der Waals surface area contributed by atoms with Crippen molar-refractivity contribution in [2.75, 3.05) is 24.6 Å². The highest BCUT2D eigenvalue weighted by molar-refractivity contribution is 7.91. The molecule has 2 heterocycles. The molecule has 1 aliphatic rings. The van der Waals surface area contributed by atoms with Crippen LogP contribution in [-0.2, 0) is 16.3 Å². The van der Waals surface area contributed by atoms with Crippen LogP contribution in [0.4, 0.5) is 4.39 Å². The summed E-state index contributed by atoms with van der Waals surface area (Å²) in [7, 11) is -3.14. The fourth-order valence-electron chi connectivity index (χ4n) is 3.43. The summed E-state index contributed by atoms with van der Waals surface area (Å²) in [4.78, 5) is 26.0. The van der Waals surface area contributed by atoms with E-state index in [2.05, 4.69) is 10.2 Å². The van der Waals surface area contributed by atoms with Gasteiger partial charge in [0.2, 0.25) is 0 Å². The highest BCUT2D eigenvalue weighted by Gasteiger charge is 2.27. The van der Waals surface area contributed by atoms with Crippen LogP contribution in [0.15, 0.2) is 47.3 Å². The Morgan fingerprint density at radius 3 is 2.52 bits per heavy atom. The van der Waals surface area contributed by atoms with Gasteiger partial charge in [-0.3, -0.25) is 9.59 Å². The van der Waals surface area contributed by atoms with E-state index in [0.29, 0.717) is 28.5 Å². The van der Waals surface area contributed by atoms with Crippen molar-refractivity contribution in [3.05, 3.63) is 75.5 Å². The predicted molar refractivity (Wildman–Crippen MR) is 106 cm³/mol. The topological polar surface area (TPSA) is 100 Å². The second kappa shape index (κ2) is 7.40. The van der Waals surface area contributed by atoms with Crippen LogP contribution in [-0.4, -0.2) is 54.0 Å². The van der Waals surface area contributed by atoms with Crippen molar-refractivity contribution < 1.29 is 17.6 Å². The van der Waals surface area contributed by atoms with Crippen molar-refractivity contribution >= 4 is 26.5 Å². The zero-order valence-electron chi connectivity index (χ0n) is 15.4. The Balaban J connectivity index is 1.64. The minimum atomic E-state index is -3.14. The van der Waals surface area contributed by atoms with Crippen LogP contribution in [0.25, 0.3) is 10.8 Å². The van der Waals surface area contributed by atoms with Crippen molar-refractivity contribution in [3.8, 4) is 0 Å². The summed E-state index contributed by atoms with van der Waals surface area (Å²) in [5.74, 6) is -1.43. The molecule has 0 radical (unpaired) electrons. The number of fused-ring (bicyclic) bond motifs is 1. The lowest BCUT2D eigenvalue weighted by atomic mass is 10.0. The number of sulfone groups is 1. The molecule has 9 heteroatoms. The zero-order chi connectivity index (χ0) is 20.6. The molecule has 1 saturated heterocycles. The number of carbonyl (C=O) groups is 1. The van der Waals surface area contributed by atoms with Gasteiger partial charge in [0.05, 0.1) is 28.1 Å². The van der Waals surface area contributed by atoms with E-state index in [1.54, 1.807) is 30.3 Å². The van der Waals surface area contributed by atoms with Crippen LogP contribution >= 0.6 is 0 Å². The van der Waals surface area contributed by atoms with Crippen LogP contribution in [0.1, 0.15) is 21.6 Å². The third kappa shape index (κ3) is 3.91. The van der Waals surface area contributed by atoms with Gasteiger partial charge in [0.1, 0.15) is 5.82 Å². The molecule has 1 aromatic heterocycles. The number of halogens is 1. The highest BCUT2D eigenvalue weighted by atomic mass is 32.2. The Morgan fingerprint density at radius 1 is 1.10 bits per heavy atom. The maximum Gasteiger partial charge on any atom is 0.272 e. The van der Waals surface area contributed by atoms with Crippen LogP contribution in [0.5, 0.6) is 0 Å². The minimum Gasteiger partial charge on any atom is -0.337 e. The molecule has 1 aliphatic heterocycles. The standard InChI is InChI=1S/C20H18FN3O4S/c21-17-6-5-13(11-16(17)20(26)24-7-9-29(27,28)10-8-24)12-18-14-3-1-2-4-15(14)19(25)23-22-18/h1-6,11H,7-10,12H2,(H,23,25). The first-order valence-corrected chi connectivity index (χ1v) is 10.9. The summed E-state index contributed by atoms with van der Waals surface area (Å²) in [6, 6.07) is 11.3. The van der Waals surface area contributed by atoms with Crippen LogP contribution in [0.3, 0.4) is 0 Å². The molecule has 1 amide bonds. The maximum absolute atomic E-state index is 14.3. The van der Waals surface area contributed by atoms with E-state index in [0.717, 1.165) is 0 Å². The quantitative estimate of drug-likeness (QED) is 0.699. The maximum atomic E-state index is 14.3. The number of aromatic amines is 1. The summed E-state index contributed by atoms with van der Waals surface area (Å²) >= 11 is 0. The average Bonchev–Trinajstić information content (AvgIpc) is 2.71. The Bertz CT molecular complexity index is 1260. The number of nitrogens with one attached hydrogen (secondary N) is 1. The summed E-state index contributed by atoms with van der Waals surface area (Å²) in [6.07, 6.45) is 0.298. The number of rotatable bonds is 3. The Kier molecular flexibility index (Phi) is 4.91. The lowest BCUT2D eigenvalue weighted by molar-refractivity contribution is 0.0765. The SMILES string of the molecule is O=C(c1cc(Cc2n[nH]c(=O)c3ccccc23)ccc1F)N1CCS(=O)(=O)CC1. The number of hydrogen-bond donors (Lipinski definition) is 1. The first-order chi connectivity index (χ1) is 13.8. The largest absolute Gasteiger partial charge is 0.337 e. The third-order valence-electron chi connectivity index (χ3n) is 5.04. The average molecular weight is 415 g/mol. The molecule has 150 valence electrons. The van der Waals surface area contributed by atoms with Gasteiger partial charge in [-0.2, -0.15) is 5.10 Å². The van der Waals surface area contributed by atoms with E-state index < -0.39 is 21.6 Å². The van der Waals surface area contributed by atoms with Gasteiger partial charge in [-0.1, -0.05) is 24.3 Å². The van der Waals surface area contributed by atoms with Gasteiger partial charge in [0.25, 0.3) is 11.5 Å². The zero-order valence-corrected chi connectivity index (χ0v) is 16.2. The molecule has 1 fully saturated rings. The van der Waals surface area contributed by atoms with Gasteiger partial charge < -0.3 is 4.90 Å². The summed E-state index contributed by atoms with van der Waals surface area (Å²) in [6.45, 7) is 0.105. The number of amides is 1. The first-order valence-electron chi connectivity index (χ1n) is 9.08. The molecule has 4 rings (SSSR count). The van der Waals surface area contributed by atoms with Crippen molar-refractivity contribution in [2.24, 2.45) is 0 Å². The summed E-state index contributed by atoms with van der Waals surface area (Å²) in [5, 5.41) is 7.77. The fourth-order valence-corrected chi connectivity index (χ4v) is 4.63. The molecule has 7 nitrogen and oxygen atoms in total. The van der Waals surface area contributed by atoms with E-state index in [1.807, 2.05) is 0 Å². The fraction of sp³-hybridized carbons (Fsp3) is 0.250. The second-order valence-electron chi connectivity index (χ2n) is 6.98. The molecule has 2 aromatic carbocycles. The number of nitrogens with zero attached hydrogens (tertiary/aromatic N) is 2. The lowest BCUT2D eigenvalue weighted by Gasteiger charge is -2.27. The lowest BCUT2D eigenvalue weighted by Crippen LogP contribution is -2.44. The van der Waals surface area contributed by atoms with Gasteiger partial charge in [-0.25, -0.2) is 17.9 Å². The second-order valence-corrected chi connectivity index (χ2v) is 9.28. The van der Waals surface area contributed by atoms with Crippen molar-refractivity contribution in [2.45, 2.75) is 6.42 Å². The molecular formula is C20H18FN3O4S. The Morgan fingerprint density at radius 2 is 1.79 bits per heavy atom. The Labute approximate surface area is 166 Å². The molecule has 1 N–H and O–H groups in total. The third-order valence-corrected chi connectivity index (χ3v) is 6.65. The van der Waals surface area contributed by atoms with E-state index in [4.69, 9.17) is 0 Å². The number of aromatic nitrogens is 2. The number of benzene rings is 2. The van der Waals surface area contributed by atoms with Crippen molar-refractivity contribution in [1.82, 2.24) is 15.1 Å². The van der Waals surface area contributed by atoms with Gasteiger partial charge >= 0.3 is 0 Å². The molecule has 29 heavy (non-hydrogen) atoms. The van der Waals surface area contributed by atoms with Crippen LogP contribution in [0, 0.1) is 5.82 Å². The normalized spacial score (nSPS) is 16.1. The minimum absolute atomic E-state index is 0.0525. The molecule has 3 aromatic rings. The molecule has 0 bridgehead atoms. The van der Waals surface area contributed by atoms with Gasteiger partial charge in [0, 0.05) is 24.9 Å². The first kappa shape index (κ1) is 19.3. The van der Waals surface area contributed by atoms with Crippen LogP contribution < -0.4 is 5.56 Å². The van der Waals surface area contributed by atoms with E-state index in [1.165, 1.54) is 17.0 Å². The molecular weight excluding hydrogens is 397 g/mol. The molecule has 0 spiro atoms. The van der Waals surface area contributed by atoms with Gasteiger partial charge in [0.15, 0.2) is 9.84 Å². The highest BCUT2D eigenvalue weighted by Crippen LogP contribution is 2.20. The molecule has 0 aliphatic carbocycles. The predicted octanol–water partition coefficient (Wildman–Crippen LogP) is 1.52. The monoisotopic (exact) mass is 415 g/mol. The summed E-state index contributed by atoms with van der Waals surface area (Å²) < 4.78 is 37.5. The smallest absolute Gasteiger partial charge is 0.272 e.